The van der Waals surface area contributed by atoms with Crippen LogP contribution in [0.4, 0.5) is 0 Å². The molecule has 3 heteroatoms. The molecule has 70 valence electrons. The first kappa shape index (κ1) is 10.0. The van der Waals surface area contributed by atoms with E-state index in [1.807, 2.05) is 31.2 Å². The number of benzene rings is 1. The van der Waals surface area contributed by atoms with Gasteiger partial charge in [0.05, 0.1) is 0 Å². The summed E-state index contributed by atoms with van der Waals surface area (Å²) in [6.45, 7) is 1.94. The van der Waals surface area contributed by atoms with Crippen molar-refractivity contribution in [1.29, 1.82) is 5.26 Å². The maximum atomic E-state index is 10.8. The minimum Gasteiger partial charge on any atom is -0.365 e. The molecule has 0 spiro atoms. The molecule has 0 aliphatic heterocycles. The Hall–Kier alpha value is -2.08. The molecule has 0 atom stereocenters. The number of nitrogens with zero attached hydrogens (tertiary/aromatic N) is 1. The van der Waals surface area contributed by atoms with Gasteiger partial charge < -0.3 is 5.73 Å². The van der Waals surface area contributed by atoms with Crippen LogP contribution in [0.5, 0.6) is 0 Å². The van der Waals surface area contributed by atoms with E-state index in [1.165, 1.54) is 6.08 Å². The lowest BCUT2D eigenvalue weighted by molar-refractivity contribution is -0.114. The fraction of sp³-hybridized carbons (Fsp3) is 0.0909. The molecule has 1 aromatic carbocycles. The molecule has 3 nitrogen and oxygen atoms in total. The second kappa shape index (κ2) is 4.24. The highest BCUT2D eigenvalue weighted by molar-refractivity contribution is 6.00. The highest BCUT2D eigenvalue weighted by Crippen LogP contribution is 2.08. The van der Waals surface area contributed by atoms with E-state index in [1.54, 1.807) is 6.07 Å². The highest BCUT2D eigenvalue weighted by atomic mass is 16.1. The Morgan fingerprint density at radius 2 is 2.29 bits per heavy atom. The number of aryl methyl sites for hydroxylation is 1. The lowest BCUT2D eigenvalue weighted by Crippen LogP contribution is -2.12. The first-order valence-corrected chi connectivity index (χ1v) is 4.12. The molecule has 1 amide bonds. The number of rotatable bonds is 2. The van der Waals surface area contributed by atoms with Gasteiger partial charge in [-0.15, -0.1) is 0 Å². The van der Waals surface area contributed by atoms with Crippen molar-refractivity contribution in [3.8, 4) is 6.07 Å². The van der Waals surface area contributed by atoms with Gasteiger partial charge in [-0.3, -0.25) is 4.79 Å². The molecule has 1 aromatic rings. The van der Waals surface area contributed by atoms with Gasteiger partial charge in [0.15, 0.2) is 0 Å². The van der Waals surface area contributed by atoms with E-state index in [0.717, 1.165) is 11.1 Å². The minimum absolute atomic E-state index is 0.0319. The van der Waals surface area contributed by atoms with Crippen LogP contribution in [0, 0.1) is 18.3 Å². The van der Waals surface area contributed by atoms with Crippen molar-refractivity contribution in [2.24, 2.45) is 5.73 Å². The van der Waals surface area contributed by atoms with Gasteiger partial charge in [-0.25, -0.2) is 0 Å². The quantitative estimate of drug-likeness (QED) is 0.560. The molecule has 0 fully saturated rings. The summed E-state index contributed by atoms with van der Waals surface area (Å²) in [5, 5.41) is 8.61. The third-order valence-corrected chi connectivity index (χ3v) is 1.74. The molecule has 0 bridgehead atoms. The SMILES string of the molecule is Cc1cccc(/C=C(/C#N)C(N)=O)c1. The smallest absolute Gasteiger partial charge is 0.259 e. The molecule has 0 aliphatic rings. The Morgan fingerprint density at radius 1 is 1.57 bits per heavy atom. The van der Waals surface area contributed by atoms with Crippen LogP contribution >= 0.6 is 0 Å². The predicted molar refractivity (Wildman–Crippen MR) is 54.0 cm³/mol. The van der Waals surface area contributed by atoms with Crippen LogP contribution in [-0.2, 0) is 4.79 Å². The zero-order valence-electron chi connectivity index (χ0n) is 7.82. The van der Waals surface area contributed by atoms with Gasteiger partial charge in [-0.05, 0) is 18.6 Å². The second-order valence-corrected chi connectivity index (χ2v) is 2.95. The lowest BCUT2D eigenvalue weighted by Gasteiger charge is -1.96. The summed E-state index contributed by atoms with van der Waals surface area (Å²) < 4.78 is 0. The zero-order valence-corrected chi connectivity index (χ0v) is 7.82. The average molecular weight is 186 g/mol. The summed E-state index contributed by atoms with van der Waals surface area (Å²) >= 11 is 0. The Kier molecular flexibility index (Phi) is 3.03. The summed E-state index contributed by atoms with van der Waals surface area (Å²) in [6, 6.07) is 9.24. The van der Waals surface area contributed by atoms with Crippen molar-refractivity contribution in [2.75, 3.05) is 0 Å². The number of carbonyl (C=O) groups is 1. The van der Waals surface area contributed by atoms with Gasteiger partial charge in [0, 0.05) is 0 Å². The minimum atomic E-state index is -0.700. The number of primary amides is 1. The Bertz CT molecular complexity index is 427. The van der Waals surface area contributed by atoms with Crippen LogP contribution < -0.4 is 5.73 Å². The number of carbonyl (C=O) groups excluding carboxylic acids is 1. The van der Waals surface area contributed by atoms with Crippen LogP contribution in [0.1, 0.15) is 11.1 Å². The van der Waals surface area contributed by atoms with E-state index in [-0.39, 0.29) is 5.57 Å². The highest BCUT2D eigenvalue weighted by Gasteiger charge is 2.02. The van der Waals surface area contributed by atoms with Crippen molar-refractivity contribution in [2.45, 2.75) is 6.92 Å². The van der Waals surface area contributed by atoms with Gasteiger partial charge in [-0.1, -0.05) is 29.8 Å². The van der Waals surface area contributed by atoms with Crippen molar-refractivity contribution in [3.05, 3.63) is 41.0 Å². The van der Waals surface area contributed by atoms with E-state index in [9.17, 15) is 4.79 Å². The number of nitrogens with two attached hydrogens (primary N) is 1. The first-order chi connectivity index (χ1) is 6.63. The standard InChI is InChI=1S/C11H10N2O/c1-8-3-2-4-9(5-8)6-10(7-12)11(13)14/h2-6H,1H3,(H2,13,14)/b10-6-. The van der Waals surface area contributed by atoms with Gasteiger partial charge in [-0.2, -0.15) is 5.26 Å². The number of hydrogen-bond donors (Lipinski definition) is 1. The Labute approximate surface area is 82.5 Å². The van der Waals surface area contributed by atoms with Gasteiger partial charge in [0.2, 0.25) is 0 Å². The third-order valence-electron chi connectivity index (χ3n) is 1.74. The summed E-state index contributed by atoms with van der Waals surface area (Å²) in [6.07, 6.45) is 1.48. The maximum absolute atomic E-state index is 10.8. The molecule has 2 N–H and O–H groups in total. The van der Waals surface area contributed by atoms with E-state index >= 15 is 0 Å². The first-order valence-electron chi connectivity index (χ1n) is 4.12. The molecule has 0 saturated carbocycles. The zero-order chi connectivity index (χ0) is 10.6. The average Bonchev–Trinajstić information content (AvgIpc) is 2.14. The van der Waals surface area contributed by atoms with Gasteiger partial charge >= 0.3 is 0 Å². The number of amides is 1. The fourth-order valence-electron chi connectivity index (χ4n) is 1.09. The van der Waals surface area contributed by atoms with E-state index in [0.29, 0.717) is 0 Å². The summed E-state index contributed by atoms with van der Waals surface area (Å²) in [5.74, 6) is -0.700. The van der Waals surface area contributed by atoms with Crippen LogP contribution in [0.25, 0.3) is 6.08 Å². The van der Waals surface area contributed by atoms with Crippen LogP contribution in [-0.4, -0.2) is 5.91 Å². The molecule has 0 radical (unpaired) electrons. The maximum Gasteiger partial charge on any atom is 0.259 e. The van der Waals surface area contributed by atoms with Gasteiger partial charge in [0.1, 0.15) is 11.6 Å². The van der Waals surface area contributed by atoms with E-state index < -0.39 is 5.91 Å². The van der Waals surface area contributed by atoms with E-state index in [2.05, 4.69) is 0 Å². The lowest BCUT2D eigenvalue weighted by atomic mass is 10.1. The van der Waals surface area contributed by atoms with Crippen molar-refractivity contribution in [3.63, 3.8) is 0 Å². The van der Waals surface area contributed by atoms with Gasteiger partial charge in [0.25, 0.3) is 5.91 Å². The second-order valence-electron chi connectivity index (χ2n) is 2.95. The summed E-state index contributed by atoms with van der Waals surface area (Å²) in [7, 11) is 0. The van der Waals surface area contributed by atoms with Crippen molar-refractivity contribution < 1.29 is 4.79 Å². The van der Waals surface area contributed by atoms with Crippen LogP contribution in [0.15, 0.2) is 29.8 Å². The molecule has 0 aliphatic carbocycles. The molecule has 0 saturated heterocycles. The summed E-state index contributed by atoms with van der Waals surface area (Å²) in [5.41, 5.74) is 6.85. The molecular weight excluding hydrogens is 176 g/mol. The molecular formula is C11H10N2O. The largest absolute Gasteiger partial charge is 0.365 e. The fourth-order valence-corrected chi connectivity index (χ4v) is 1.09. The molecule has 14 heavy (non-hydrogen) atoms. The monoisotopic (exact) mass is 186 g/mol. The number of nitriles is 1. The topological polar surface area (TPSA) is 66.9 Å². The van der Waals surface area contributed by atoms with Crippen molar-refractivity contribution >= 4 is 12.0 Å². The molecule has 0 heterocycles. The van der Waals surface area contributed by atoms with Crippen molar-refractivity contribution in [1.82, 2.24) is 0 Å². The molecule has 0 aromatic heterocycles. The van der Waals surface area contributed by atoms with Crippen LogP contribution in [0.3, 0.4) is 0 Å². The molecule has 1 rings (SSSR count). The predicted octanol–water partition coefficient (Wildman–Crippen LogP) is 1.39. The van der Waals surface area contributed by atoms with E-state index in [4.69, 9.17) is 11.0 Å². The third kappa shape index (κ3) is 2.46. The Morgan fingerprint density at radius 3 is 2.79 bits per heavy atom. The summed E-state index contributed by atoms with van der Waals surface area (Å²) in [4.78, 5) is 10.8. The van der Waals surface area contributed by atoms with Crippen LogP contribution in [0.2, 0.25) is 0 Å². The normalized spacial score (nSPS) is 10.7. The Balaban J connectivity index is 3.08. The number of hydrogen-bond acceptors (Lipinski definition) is 2. The molecule has 0 unspecified atom stereocenters.